The smallest absolute Gasteiger partial charge is 0.144 e. The van der Waals surface area contributed by atoms with Gasteiger partial charge in [-0.1, -0.05) is 12.1 Å². The van der Waals surface area contributed by atoms with Crippen molar-refractivity contribution in [3.63, 3.8) is 0 Å². The highest BCUT2D eigenvalue weighted by Gasteiger charge is 2.23. The number of rotatable bonds is 3. The topological polar surface area (TPSA) is 44.9 Å². The van der Waals surface area contributed by atoms with Crippen LogP contribution in [0.5, 0.6) is 0 Å². The predicted octanol–water partition coefficient (Wildman–Crippen LogP) is 2.89. The minimum atomic E-state index is -0.182. The molecule has 1 aliphatic rings. The van der Waals surface area contributed by atoms with E-state index >= 15 is 0 Å². The number of anilines is 1. The largest absolute Gasteiger partial charge is 0.356 e. The highest BCUT2D eigenvalue weighted by atomic mass is 19.1. The Morgan fingerprint density at radius 3 is 2.59 bits per heavy atom. The number of nitrogens with zero attached hydrogens (tertiary/aromatic N) is 4. The molecule has 0 bridgehead atoms. The van der Waals surface area contributed by atoms with E-state index in [2.05, 4.69) is 16.1 Å². The van der Waals surface area contributed by atoms with Crippen LogP contribution in [0.3, 0.4) is 0 Å². The number of piperidine rings is 1. The van der Waals surface area contributed by atoms with Crippen molar-refractivity contribution in [3.8, 4) is 6.07 Å². The van der Waals surface area contributed by atoms with Crippen LogP contribution < -0.4 is 4.90 Å². The van der Waals surface area contributed by atoms with Gasteiger partial charge in [0.05, 0.1) is 6.20 Å². The van der Waals surface area contributed by atoms with Crippen molar-refractivity contribution < 1.29 is 4.39 Å². The fourth-order valence-corrected chi connectivity index (χ4v) is 3.19. The molecule has 0 aliphatic carbocycles. The van der Waals surface area contributed by atoms with Crippen LogP contribution in [0.25, 0.3) is 0 Å². The second-order valence-electron chi connectivity index (χ2n) is 5.88. The molecule has 5 heteroatoms. The highest BCUT2D eigenvalue weighted by Crippen LogP contribution is 2.27. The lowest BCUT2D eigenvalue weighted by Crippen LogP contribution is -2.36. The van der Waals surface area contributed by atoms with Crippen LogP contribution >= 0.6 is 0 Å². The standard InChI is InChI=1S/C17H19FN4/c1-21-17(15(11-19)12-20-21)22-8-6-14(7-9-22)10-13-2-4-16(18)5-3-13/h2-5,12,14H,6-10H2,1H3. The third-order valence-corrected chi connectivity index (χ3v) is 4.38. The van der Waals surface area contributed by atoms with Crippen LogP contribution in [0.1, 0.15) is 24.0 Å². The van der Waals surface area contributed by atoms with Gasteiger partial charge in [0.2, 0.25) is 0 Å². The van der Waals surface area contributed by atoms with Gasteiger partial charge in [-0.3, -0.25) is 4.68 Å². The van der Waals surface area contributed by atoms with Gasteiger partial charge in [-0.2, -0.15) is 10.4 Å². The summed E-state index contributed by atoms with van der Waals surface area (Å²) in [6.07, 6.45) is 4.77. The maximum absolute atomic E-state index is 12.9. The van der Waals surface area contributed by atoms with E-state index in [0.717, 1.165) is 38.2 Å². The van der Waals surface area contributed by atoms with Crippen LogP contribution in [0.2, 0.25) is 0 Å². The quantitative estimate of drug-likeness (QED) is 0.875. The van der Waals surface area contributed by atoms with Gasteiger partial charge in [0.15, 0.2) is 0 Å². The summed E-state index contributed by atoms with van der Waals surface area (Å²) in [5.41, 5.74) is 1.83. The molecule has 2 heterocycles. The maximum atomic E-state index is 12.9. The molecule has 2 aromatic rings. The lowest BCUT2D eigenvalue weighted by Gasteiger charge is -2.33. The Bertz CT molecular complexity index is 676. The van der Waals surface area contributed by atoms with Crippen molar-refractivity contribution in [3.05, 3.63) is 47.4 Å². The second kappa shape index (κ2) is 6.18. The van der Waals surface area contributed by atoms with E-state index in [-0.39, 0.29) is 5.82 Å². The van der Waals surface area contributed by atoms with Crippen LogP contribution in [-0.2, 0) is 13.5 Å². The number of nitriles is 1. The van der Waals surface area contributed by atoms with Crippen LogP contribution in [0.4, 0.5) is 10.2 Å². The normalized spacial score (nSPS) is 15.8. The van der Waals surface area contributed by atoms with Gasteiger partial charge >= 0.3 is 0 Å². The molecule has 114 valence electrons. The first kappa shape index (κ1) is 14.6. The van der Waals surface area contributed by atoms with E-state index < -0.39 is 0 Å². The number of halogens is 1. The summed E-state index contributed by atoms with van der Waals surface area (Å²) in [5.74, 6) is 1.35. The molecule has 0 saturated carbocycles. The van der Waals surface area contributed by atoms with Crippen LogP contribution in [-0.4, -0.2) is 22.9 Å². The Balaban J connectivity index is 1.62. The van der Waals surface area contributed by atoms with Crippen molar-refractivity contribution in [1.29, 1.82) is 5.26 Å². The SMILES string of the molecule is Cn1ncc(C#N)c1N1CCC(Cc2ccc(F)cc2)CC1. The van der Waals surface area contributed by atoms with Gasteiger partial charge in [0.25, 0.3) is 0 Å². The van der Waals surface area contributed by atoms with Gasteiger partial charge in [-0.25, -0.2) is 4.39 Å². The number of hydrogen-bond donors (Lipinski definition) is 0. The van der Waals surface area contributed by atoms with Crippen LogP contribution in [0.15, 0.2) is 30.5 Å². The van der Waals surface area contributed by atoms with E-state index in [0.29, 0.717) is 11.5 Å². The highest BCUT2D eigenvalue weighted by molar-refractivity contribution is 5.53. The second-order valence-corrected chi connectivity index (χ2v) is 5.88. The number of aryl methyl sites for hydroxylation is 1. The minimum Gasteiger partial charge on any atom is -0.356 e. The third kappa shape index (κ3) is 2.96. The van der Waals surface area contributed by atoms with E-state index in [4.69, 9.17) is 0 Å². The zero-order valence-corrected chi connectivity index (χ0v) is 12.7. The monoisotopic (exact) mass is 298 g/mol. The van der Waals surface area contributed by atoms with E-state index in [1.165, 1.54) is 17.7 Å². The van der Waals surface area contributed by atoms with Crippen molar-refractivity contribution in [1.82, 2.24) is 9.78 Å². The number of benzene rings is 1. The molecule has 0 atom stereocenters. The van der Waals surface area contributed by atoms with Crippen molar-refractivity contribution in [2.24, 2.45) is 13.0 Å². The Labute approximate surface area is 129 Å². The number of aromatic nitrogens is 2. The molecular formula is C17H19FN4. The molecule has 0 spiro atoms. The molecule has 1 aliphatic heterocycles. The number of hydrogen-bond acceptors (Lipinski definition) is 3. The summed E-state index contributed by atoms with van der Waals surface area (Å²) < 4.78 is 14.7. The average Bonchev–Trinajstić information content (AvgIpc) is 2.91. The van der Waals surface area contributed by atoms with E-state index in [9.17, 15) is 9.65 Å². The average molecular weight is 298 g/mol. The molecule has 0 N–H and O–H groups in total. The molecule has 0 radical (unpaired) electrons. The van der Waals surface area contributed by atoms with Gasteiger partial charge in [-0.15, -0.1) is 0 Å². The Morgan fingerprint density at radius 1 is 1.27 bits per heavy atom. The minimum absolute atomic E-state index is 0.182. The molecule has 22 heavy (non-hydrogen) atoms. The van der Waals surface area contributed by atoms with Gasteiger partial charge in [0.1, 0.15) is 23.3 Å². The zero-order valence-electron chi connectivity index (χ0n) is 12.7. The zero-order chi connectivity index (χ0) is 15.5. The third-order valence-electron chi connectivity index (χ3n) is 4.38. The first-order valence-corrected chi connectivity index (χ1v) is 7.59. The predicted molar refractivity (Wildman–Crippen MR) is 83.0 cm³/mol. The van der Waals surface area contributed by atoms with E-state index in [1.807, 2.05) is 19.2 Å². The summed E-state index contributed by atoms with van der Waals surface area (Å²) in [4.78, 5) is 2.24. The van der Waals surface area contributed by atoms with Crippen LogP contribution in [0, 0.1) is 23.1 Å². The molecule has 0 unspecified atom stereocenters. The van der Waals surface area contributed by atoms with Crippen molar-refractivity contribution in [2.45, 2.75) is 19.3 Å². The summed E-state index contributed by atoms with van der Waals surface area (Å²) in [6, 6.07) is 9.01. The molecular weight excluding hydrogens is 279 g/mol. The first-order valence-electron chi connectivity index (χ1n) is 7.59. The Kier molecular flexibility index (Phi) is 4.10. The van der Waals surface area contributed by atoms with Crippen molar-refractivity contribution >= 4 is 5.82 Å². The Morgan fingerprint density at radius 2 is 1.95 bits per heavy atom. The lowest BCUT2D eigenvalue weighted by molar-refractivity contribution is 0.399. The molecule has 1 fully saturated rings. The summed E-state index contributed by atoms with van der Waals surface area (Å²) in [7, 11) is 1.88. The Hall–Kier alpha value is -2.35. The molecule has 1 aromatic heterocycles. The van der Waals surface area contributed by atoms with Crippen molar-refractivity contribution in [2.75, 3.05) is 18.0 Å². The van der Waals surface area contributed by atoms with E-state index in [1.54, 1.807) is 10.9 Å². The fraction of sp³-hybridized carbons (Fsp3) is 0.412. The van der Waals surface area contributed by atoms with Gasteiger partial charge in [-0.05, 0) is 42.9 Å². The summed E-state index contributed by atoms with van der Waals surface area (Å²) in [6.45, 7) is 1.86. The maximum Gasteiger partial charge on any atom is 0.144 e. The molecule has 1 aromatic carbocycles. The summed E-state index contributed by atoms with van der Waals surface area (Å²) >= 11 is 0. The first-order chi connectivity index (χ1) is 10.7. The lowest BCUT2D eigenvalue weighted by atomic mass is 9.90. The fourth-order valence-electron chi connectivity index (χ4n) is 3.19. The molecule has 3 rings (SSSR count). The van der Waals surface area contributed by atoms with Gasteiger partial charge < -0.3 is 4.90 Å². The molecule has 4 nitrogen and oxygen atoms in total. The molecule has 1 saturated heterocycles. The van der Waals surface area contributed by atoms with Gasteiger partial charge in [0, 0.05) is 20.1 Å². The summed E-state index contributed by atoms with van der Waals surface area (Å²) in [5, 5.41) is 13.3. The molecule has 0 amide bonds.